The fourth-order valence-corrected chi connectivity index (χ4v) is 2.91. The van der Waals surface area contributed by atoms with Gasteiger partial charge in [-0.2, -0.15) is 0 Å². The van der Waals surface area contributed by atoms with Crippen LogP contribution in [0.3, 0.4) is 0 Å². The number of hydrogen-bond acceptors (Lipinski definition) is 0. The molecule has 0 spiro atoms. The smallest absolute Gasteiger partial charge is 0.0190 e. The van der Waals surface area contributed by atoms with Crippen LogP contribution in [0.25, 0.3) is 0 Å². The highest BCUT2D eigenvalue weighted by Gasteiger charge is 2.14. The van der Waals surface area contributed by atoms with Crippen LogP contribution in [0.1, 0.15) is 63.4 Å². The first kappa shape index (κ1) is 11.7. The molecule has 0 aromatic heterocycles. The maximum absolute atomic E-state index is 2.37. The van der Waals surface area contributed by atoms with Crippen LogP contribution >= 0.6 is 0 Å². The molecule has 0 nitrogen and oxygen atoms in total. The second-order valence-corrected chi connectivity index (χ2v) is 5.39. The van der Waals surface area contributed by atoms with Crippen molar-refractivity contribution in [2.75, 3.05) is 0 Å². The third-order valence-corrected chi connectivity index (χ3v) is 4.10. The molecule has 1 unspecified atom stereocenters. The van der Waals surface area contributed by atoms with Crippen molar-refractivity contribution in [3.8, 4) is 0 Å². The van der Waals surface area contributed by atoms with Crippen LogP contribution in [0.4, 0.5) is 0 Å². The van der Waals surface area contributed by atoms with Crippen molar-refractivity contribution in [3.63, 3.8) is 0 Å². The summed E-state index contributed by atoms with van der Waals surface area (Å²) in [6.07, 6.45) is 10.2. The first-order chi connectivity index (χ1) is 7.86. The highest BCUT2D eigenvalue weighted by molar-refractivity contribution is 5.18. The van der Waals surface area contributed by atoms with E-state index in [1.165, 1.54) is 50.5 Å². The van der Waals surface area contributed by atoms with Crippen molar-refractivity contribution in [1.82, 2.24) is 0 Å². The van der Waals surface area contributed by atoms with Gasteiger partial charge in [0.1, 0.15) is 0 Å². The van der Waals surface area contributed by atoms with E-state index >= 15 is 0 Å². The molecule has 1 aromatic rings. The SMILES string of the molecule is CC(CCC1CCCCC1)c1ccccc1. The maximum Gasteiger partial charge on any atom is -0.0190 e. The van der Waals surface area contributed by atoms with E-state index in [1.807, 2.05) is 0 Å². The van der Waals surface area contributed by atoms with Gasteiger partial charge >= 0.3 is 0 Å². The summed E-state index contributed by atoms with van der Waals surface area (Å²) in [5.41, 5.74) is 1.51. The van der Waals surface area contributed by atoms with Gasteiger partial charge in [-0.05, 0) is 30.2 Å². The molecule has 0 saturated heterocycles. The summed E-state index contributed by atoms with van der Waals surface area (Å²) >= 11 is 0. The van der Waals surface area contributed by atoms with E-state index in [4.69, 9.17) is 0 Å². The topological polar surface area (TPSA) is 0 Å². The molecule has 0 heterocycles. The second-order valence-electron chi connectivity index (χ2n) is 5.39. The minimum atomic E-state index is 0.739. The molecule has 1 aliphatic carbocycles. The van der Waals surface area contributed by atoms with Gasteiger partial charge in [-0.1, -0.05) is 69.4 Å². The summed E-state index contributed by atoms with van der Waals surface area (Å²) < 4.78 is 0. The standard InChI is InChI=1S/C16H24/c1-14(16-10-6-3-7-11-16)12-13-15-8-4-2-5-9-15/h3,6-7,10-11,14-15H,2,4-5,8-9,12-13H2,1H3. The van der Waals surface area contributed by atoms with Crippen molar-refractivity contribution < 1.29 is 0 Å². The molecule has 0 heteroatoms. The van der Waals surface area contributed by atoms with Crippen molar-refractivity contribution >= 4 is 0 Å². The monoisotopic (exact) mass is 216 g/mol. The predicted molar refractivity (Wildman–Crippen MR) is 70.7 cm³/mol. The molecule has 2 rings (SSSR count). The van der Waals surface area contributed by atoms with Gasteiger partial charge in [0, 0.05) is 0 Å². The van der Waals surface area contributed by atoms with Crippen molar-refractivity contribution in [2.24, 2.45) is 5.92 Å². The van der Waals surface area contributed by atoms with Gasteiger partial charge in [0.05, 0.1) is 0 Å². The second kappa shape index (κ2) is 6.08. The molecule has 1 aliphatic rings. The highest BCUT2D eigenvalue weighted by Crippen LogP contribution is 2.30. The van der Waals surface area contributed by atoms with Crippen molar-refractivity contribution in [1.29, 1.82) is 0 Å². The summed E-state index contributed by atoms with van der Waals surface area (Å²) in [5, 5.41) is 0. The van der Waals surface area contributed by atoms with Crippen LogP contribution in [-0.4, -0.2) is 0 Å². The third kappa shape index (κ3) is 3.37. The summed E-state index contributed by atoms with van der Waals surface area (Å²) in [7, 11) is 0. The zero-order valence-electron chi connectivity index (χ0n) is 10.5. The Hall–Kier alpha value is -0.780. The Morgan fingerprint density at radius 3 is 2.44 bits per heavy atom. The molecule has 0 radical (unpaired) electrons. The number of benzene rings is 1. The molecule has 16 heavy (non-hydrogen) atoms. The summed E-state index contributed by atoms with van der Waals surface area (Å²) in [4.78, 5) is 0. The molecule has 0 aliphatic heterocycles. The van der Waals surface area contributed by atoms with Crippen LogP contribution in [0.5, 0.6) is 0 Å². The van der Waals surface area contributed by atoms with Crippen molar-refractivity contribution in [2.45, 2.75) is 57.8 Å². The molecule has 1 atom stereocenters. The van der Waals surface area contributed by atoms with E-state index in [9.17, 15) is 0 Å². The zero-order chi connectivity index (χ0) is 11.2. The Kier molecular flexibility index (Phi) is 4.44. The molecule has 1 aromatic carbocycles. The lowest BCUT2D eigenvalue weighted by Gasteiger charge is -2.23. The Morgan fingerprint density at radius 2 is 1.75 bits per heavy atom. The summed E-state index contributed by atoms with van der Waals surface area (Å²) in [6, 6.07) is 11.0. The van der Waals surface area contributed by atoms with Crippen LogP contribution in [0, 0.1) is 5.92 Å². The zero-order valence-corrected chi connectivity index (χ0v) is 10.5. The molecule has 1 fully saturated rings. The van der Waals surface area contributed by atoms with E-state index in [0.29, 0.717) is 0 Å². The average Bonchev–Trinajstić information content (AvgIpc) is 2.38. The van der Waals surface area contributed by atoms with Gasteiger partial charge in [0.15, 0.2) is 0 Å². The average molecular weight is 216 g/mol. The van der Waals surface area contributed by atoms with Gasteiger partial charge in [-0.25, -0.2) is 0 Å². The predicted octanol–water partition coefficient (Wildman–Crippen LogP) is 5.15. The quantitative estimate of drug-likeness (QED) is 0.653. The maximum atomic E-state index is 2.37. The van der Waals surface area contributed by atoms with E-state index < -0.39 is 0 Å². The summed E-state index contributed by atoms with van der Waals surface area (Å²) in [6.45, 7) is 2.37. The first-order valence-electron chi connectivity index (χ1n) is 6.91. The minimum absolute atomic E-state index is 0.739. The van der Waals surface area contributed by atoms with Gasteiger partial charge < -0.3 is 0 Å². The normalized spacial score (nSPS) is 19.6. The molecule has 0 N–H and O–H groups in total. The molecule has 88 valence electrons. The van der Waals surface area contributed by atoms with Crippen LogP contribution in [0.15, 0.2) is 30.3 Å². The van der Waals surface area contributed by atoms with E-state index in [2.05, 4.69) is 37.3 Å². The minimum Gasteiger partial charge on any atom is -0.0622 e. The molecule has 0 bridgehead atoms. The fraction of sp³-hybridized carbons (Fsp3) is 0.625. The van der Waals surface area contributed by atoms with Gasteiger partial charge in [0.25, 0.3) is 0 Å². The van der Waals surface area contributed by atoms with Gasteiger partial charge in [0.2, 0.25) is 0 Å². The lowest BCUT2D eigenvalue weighted by atomic mass is 9.83. The first-order valence-corrected chi connectivity index (χ1v) is 6.91. The molecular weight excluding hydrogens is 192 g/mol. The summed E-state index contributed by atoms with van der Waals surface area (Å²) in [5.74, 6) is 1.77. The largest absolute Gasteiger partial charge is 0.0622 e. The van der Waals surface area contributed by atoms with Crippen LogP contribution < -0.4 is 0 Å². The van der Waals surface area contributed by atoms with E-state index in [1.54, 1.807) is 0 Å². The van der Waals surface area contributed by atoms with Gasteiger partial charge in [-0.3, -0.25) is 0 Å². The number of rotatable bonds is 4. The molecular formula is C16H24. The molecule has 0 amide bonds. The lowest BCUT2D eigenvalue weighted by molar-refractivity contribution is 0.325. The third-order valence-electron chi connectivity index (χ3n) is 4.10. The Morgan fingerprint density at radius 1 is 1.06 bits per heavy atom. The van der Waals surface area contributed by atoms with Crippen LogP contribution in [-0.2, 0) is 0 Å². The Labute approximate surface area is 100 Å². The van der Waals surface area contributed by atoms with Crippen LogP contribution in [0.2, 0.25) is 0 Å². The molecule has 1 saturated carbocycles. The van der Waals surface area contributed by atoms with Gasteiger partial charge in [-0.15, -0.1) is 0 Å². The van der Waals surface area contributed by atoms with E-state index in [-0.39, 0.29) is 0 Å². The Balaban J connectivity index is 1.77. The fourth-order valence-electron chi connectivity index (χ4n) is 2.91. The number of hydrogen-bond donors (Lipinski definition) is 0. The van der Waals surface area contributed by atoms with Crippen molar-refractivity contribution in [3.05, 3.63) is 35.9 Å². The Bertz CT molecular complexity index is 282. The van der Waals surface area contributed by atoms with E-state index in [0.717, 1.165) is 11.8 Å². The lowest BCUT2D eigenvalue weighted by Crippen LogP contribution is -2.07. The highest BCUT2D eigenvalue weighted by atomic mass is 14.2.